The Balaban J connectivity index is 1.74. The summed E-state index contributed by atoms with van der Waals surface area (Å²) in [5, 5.41) is 6.98. The molecule has 3 rings (SSSR count). The number of benzene rings is 2. The number of aryl methyl sites for hydroxylation is 3. The summed E-state index contributed by atoms with van der Waals surface area (Å²) in [5.41, 5.74) is 2.50. The van der Waals surface area contributed by atoms with Crippen LogP contribution in [0.15, 0.2) is 54.7 Å². The Hall–Kier alpha value is -3.19. The van der Waals surface area contributed by atoms with E-state index in [1.165, 1.54) is 12.1 Å². The van der Waals surface area contributed by atoms with E-state index in [1.54, 1.807) is 49.3 Å². The molecule has 30 heavy (non-hydrogen) atoms. The lowest BCUT2D eigenvalue weighted by Gasteiger charge is -2.11. The highest BCUT2D eigenvalue weighted by Crippen LogP contribution is 2.21. The van der Waals surface area contributed by atoms with Gasteiger partial charge in [-0.3, -0.25) is 9.48 Å². The van der Waals surface area contributed by atoms with Crippen molar-refractivity contribution in [1.29, 1.82) is 0 Å². The van der Waals surface area contributed by atoms with Crippen molar-refractivity contribution in [1.82, 2.24) is 9.78 Å². The second kappa shape index (κ2) is 10.5. The first-order chi connectivity index (χ1) is 14.5. The third kappa shape index (κ3) is 6.42. The number of carbonyl (C=O) groups excluding carboxylic acids is 1. The van der Waals surface area contributed by atoms with Gasteiger partial charge < -0.3 is 14.8 Å². The molecule has 1 N–H and O–H groups in total. The van der Waals surface area contributed by atoms with Crippen LogP contribution in [-0.2, 0) is 24.6 Å². The molecule has 0 unspecified atom stereocenters. The molecule has 0 saturated carbocycles. The number of ether oxygens (including phenoxy) is 2. The predicted octanol–water partition coefficient (Wildman–Crippen LogP) is 4.01. The largest absolute Gasteiger partial charge is 0.493 e. The third-order valence-corrected chi connectivity index (χ3v) is 4.56. The molecular formula is C23H26FN3O3. The van der Waals surface area contributed by atoms with Crippen molar-refractivity contribution in [2.75, 3.05) is 25.6 Å². The monoisotopic (exact) mass is 411 g/mol. The molecule has 0 fully saturated rings. The maximum Gasteiger partial charge on any atom is 0.257 e. The van der Waals surface area contributed by atoms with E-state index in [9.17, 15) is 9.18 Å². The first kappa shape index (κ1) is 21.5. The molecule has 0 spiro atoms. The second-order valence-corrected chi connectivity index (χ2v) is 7.02. The highest BCUT2D eigenvalue weighted by atomic mass is 19.1. The number of aromatic nitrogens is 2. The van der Waals surface area contributed by atoms with Crippen LogP contribution in [0.25, 0.3) is 0 Å². The number of carbonyl (C=O) groups is 1. The number of methoxy groups -OCH3 is 1. The van der Waals surface area contributed by atoms with E-state index in [-0.39, 0.29) is 11.7 Å². The summed E-state index contributed by atoms with van der Waals surface area (Å²) in [5.74, 6) is 0.619. The molecule has 0 aliphatic rings. The van der Waals surface area contributed by atoms with Gasteiger partial charge in [0.2, 0.25) is 0 Å². The number of hydrogen-bond donors (Lipinski definition) is 1. The number of anilines is 1. The summed E-state index contributed by atoms with van der Waals surface area (Å²) in [7, 11) is 3.44. The molecule has 7 heteroatoms. The molecule has 0 saturated heterocycles. The predicted molar refractivity (Wildman–Crippen MR) is 113 cm³/mol. The zero-order valence-electron chi connectivity index (χ0n) is 17.2. The van der Waals surface area contributed by atoms with E-state index in [4.69, 9.17) is 9.47 Å². The van der Waals surface area contributed by atoms with Crippen LogP contribution < -0.4 is 10.1 Å². The lowest BCUT2D eigenvalue weighted by Crippen LogP contribution is -2.13. The zero-order valence-corrected chi connectivity index (χ0v) is 17.2. The van der Waals surface area contributed by atoms with Crippen LogP contribution in [0.3, 0.4) is 0 Å². The maximum absolute atomic E-state index is 13.1. The van der Waals surface area contributed by atoms with Gasteiger partial charge in [0.05, 0.1) is 6.61 Å². The minimum absolute atomic E-state index is 0.251. The minimum atomic E-state index is -0.251. The fourth-order valence-electron chi connectivity index (χ4n) is 3.02. The molecule has 1 aromatic heterocycles. The molecule has 1 heterocycles. The van der Waals surface area contributed by atoms with Crippen molar-refractivity contribution in [2.24, 2.45) is 7.05 Å². The van der Waals surface area contributed by atoms with Gasteiger partial charge in [0.25, 0.3) is 5.91 Å². The van der Waals surface area contributed by atoms with Crippen LogP contribution in [-0.4, -0.2) is 36.0 Å². The molecule has 0 aliphatic heterocycles. The van der Waals surface area contributed by atoms with Crippen LogP contribution in [0.2, 0.25) is 0 Å². The number of amides is 1. The first-order valence-electron chi connectivity index (χ1n) is 9.84. The van der Waals surface area contributed by atoms with Crippen molar-refractivity contribution in [2.45, 2.75) is 19.3 Å². The fraction of sp³-hybridized carbons (Fsp3) is 0.304. The molecule has 0 radical (unpaired) electrons. The molecule has 3 aromatic rings. The van der Waals surface area contributed by atoms with Gasteiger partial charge in [-0.2, -0.15) is 5.10 Å². The van der Waals surface area contributed by atoms with Gasteiger partial charge in [-0.05, 0) is 54.3 Å². The van der Waals surface area contributed by atoms with Gasteiger partial charge in [0.1, 0.15) is 11.6 Å². The SMILES string of the molecule is COCCCOc1cc(CCc2ccc(F)cc2)cc(C(=O)Nc2ccn(C)n2)c1. The van der Waals surface area contributed by atoms with E-state index >= 15 is 0 Å². The number of hydrogen-bond acceptors (Lipinski definition) is 4. The molecule has 0 atom stereocenters. The van der Waals surface area contributed by atoms with Gasteiger partial charge in [0.15, 0.2) is 5.82 Å². The summed E-state index contributed by atoms with van der Waals surface area (Å²) in [6.45, 7) is 1.10. The Kier molecular flexibility index (Phi) is 7.57. The maximum atomic E-state index is 13.1. The Labute approximate surface area is 175 Å². The molecule has 2 aromatic carbocycles. The fourth-order valence-corrected chi connectivity index (χ4v) is 3.02. The lowest BCUT2D eigenvalue weighted by molar-refractivity contribution is 0.102. The Morgan fingerprint density at radius 3 is 2.53 bits per heavy atom. The van der Waals surface area contributed by atoms with Crippen LogP contribution in [0, 0.1) is 5.82 Å². The summed E-state index contributed by atoms with van der Waals surface area (Å²) < 4.78 is 25.6. The van der Waals surface area contributed by atoms with E-state index in [1.807, 2.05) is 12.1 Å². The smallest absolute Gasteiger partial charge is 0.257 e. The molecule has 6 nitrogen and oxygen atoms in total. The zero-order chi connectivity index (χ0) is 21.3. The van der Waals surface area contributed by atoms with E-state index in [0.717, 1.165) is 24.0 Å². The van der Waals surface area contributed by atoms with Crippen LogP contribution >= 0.6 is 0 Å². The highest BCUT2D eigenvalue weighted by molar-refractivity contribution is 6.04. The Morgan fingerprint density at radius 2 is 1.83 bits per heavy atom. The van der Waals surface area contributed by atoms with Gasteiger partial charge in [-0.1, -0.05) is 12.1 Å². The van der Waals surface area contributed by atoms with Crippen LogP contribution in [0.5, 0.6) is 5.75 Å². The van der Waals surface area contributed by atoms with Gasteiger partial charge in [-0.25, -0.2) is 4.39 Å². The van der Waals surface area contributed by atoms with E-state index < -0.39 is 0 Å². The lowest BCUT2D eigenvalue weighted by atomic mass is 10.0. The van der Waals surface area contributed by atoms with Crippen molar-refractivity contribution < 1.29 is 18.7 Å². The van der Waals surface area contributed by atoms with Crippen molar-refractivity contribution in [3.8, 4) is 5.75 Å². The number of nitrogens with zero attached hydrogens (tertiary/aromatic N) is 2. The van der Waals surface area contributed by atoms with Crippen LogP contribution in [0.4, 0.5) is 10.2 Å². The van der Waals surface area contributed by atoms with Crippen molar-refractivity contribution >= 4 is 11.7 Å². The molecule has 1 amide bonds. The Bertz CT molecular complexity index is 970. The van der Waals surface area contributed by atoms with Crippen molar-refractivity contribution in [3.05, 3.63) is 77.2 Å². The first-order valence-corrected chi connectivity index (χ1v) is 9.84. The quantitative estimate of drug-likeness (QED) is 0.512. The second-order valence-electron chi connectivity index (χ2n) is 7.02. The topological polar surface area (TPSA) is 65.4 Å². The molecule has 158 valence electrons. The van der Waals surface area contributed by atoms with Gasteiger partial charge in [-0.15, -0.1) is 0 Å². The highest BCUT2D eigenvalue weighted by Gasteiger charge is 2.12. The Morgan fingerprint density at radius 1 is 1.07 bits per heavy atom. The molecule has 0 aliphatic carbocycles. The number of nitrogens with one attached hydrogen (secondary N) is 1. The minimum Gasteiger partial charge on any atom is -0.493 e. The summed E-state index contributed by atoms with van der Waals surface area (Å²) >= 11 is 0. The van der Waals surface area contributed by atoms with Gasteiger partial charge >= 0.3 is 0 Å². The summed E-state index contributed by atoms with van der Waals surface area (Å²) in [4.78, 5) is 12.7. The van der Waals surface area contributed by atoms with E-state index in [0.29, 0.717) is 36.8 Å². The normalized spacial score (nSPS) is 10.8. The summed E-state index contributed by atoms with van der Waals surface area (Å²) in [6.07, 6.45) is 3.95. The average molecular weight is 411 g/mol. The number of halogens is 1. The van der Waals surface area contributed by atoms with Gasteiger partial charge in [0, 0.05) is 45.0 Å². The third-order valence-electron chi connectivity index (χ3n) is 4.56. The van der Waals surface area contributed by atoms with E-state index in [2.05, 4.69) is 10.4 Å². The molecular weight excluding hydrogens is 385 g/mol. The van der Waals surface area contributed by atoms with Crippen molar-refractivity contribution in [3.63, 3.8) is 0 Å². The standard InChI is InChI=1S/C23H26FN3O3/c1-27-11-10-22(26-27)25-23(28)19-14-18(5-4-17-6-8-20(24)9-7-17)15-21(16-19)30-13-3-12-29-2/h6-11,14-16H,3-5,12-13H2,1-2H3,(H,25,26,28). The summed E-state index contributed by atoms with van der Waals surface area (Å²) in [6, 6.07) is 13.7. The van der Waals surface area contributed by atoms with Crippen LogP contribution in [0.1, 0.15) is 27.9 Å². The molecule has 0 bridgehead atoms. The number of rotatable bonds is 10. The average Bonchev–Trinajstić information content (AvgIpc) is 3.15.